The lowest BCUT2D eigenvalue weighted by atomic mass is 9.88. The van der Waals surface area contributed by atoms with Gasteiger partial charge in [0.15, 0.2) is 0 Å². The van der Waals surface area contributed by atoms with Crippen LogP contribution in [0.5, 0.6) is 11.5 Å². The fraction of sp³-hybridized carbons (Fsp3) is 0.333. The Morgan fingerprint density at radius 1 is 0.650 bits per heavy atom. The molecule has 2 aromatic carbocycles. The van der Waals surface area contributed by atoms with Crippen molar-refractivity contribution in [1.29, 1.82) is 0 Å². The molecular formula is C18H22O2. The second kappa shape index (κ2) is 5.20. The Bertz CT molecular complexity index is 599. The van der Waals surface area contributed by atoms with Crippen LogP contribution < -0.4 is 0 Å². The summed E-state index contributed by atoms with van der Waals surface area (Å²) in [5, 5.41) is 20.4. The van der Waals surface area contributed by atoms with Crippen molar-refractivity contribution in [2.75, 3.05) is 0 Å². The van der Waals surface area contributed by atoms with E-state index in [2.05, 4.69) is 0 Å². The molecule has 0 atom stereocenters. The van der Waals surface area contributed by atoms with Crippen molar-refractivity contribution in [1.82, 2.24) is 0 Å². The molecule has 2 N–H and O–H groups in total. The van der Waals surface area contributed by atoms with Gasteiger partial charge in [-0.3, -0.25) is 0 Å². The highest BCUT2D eigenvalue weighted by molar-refractivity contribution is 5.51. The van der Waals surface area contributed by atoms with E-state index in [4.69, 9.17) is 0 Å². The molecule has 2 heteroatoms. The normalized spacial score (nSPS) is 11.1. The first kappa shape index (κ1) is 14.4. The third-order valence-corrected chi connectivity index (χ3v) is 4.22. The molecule has 0 saturated heterocycles. The molecule has 2 aromatic rings. The van der Waals surface area contributed by atoms with Gasteiger partial charge in [-0.25, -0.2) is 0 Å². The summed E-state index contributed by atoms with van der Waals surface area (Å²) < 4.78 is 0. The van der Waals surface area contributed by atoms with Gasteiger partial charge >= 0.3 is 0 Å². The van der Waals surface area contributed by atoms with Crippen LogP contribution in [0.15, 0.2) is 24.3 Å². The van der Waals surface area contributed by atoms with Gasteiger partial charge in [0.05, 0.1) is 0 Å². The van der Waals surface area contributed by atoms with E-state index in [1.54, 1.807) is 12.1 Å². The number of benzene rings is 2. The van der Waals surface area contributed by atoms with E-state index in [-0.39, 0.29) is 5.92 Å². The maximum atomic E-state index is 10.2. The zero-order chi connectivity index (χ0) is 15.0. The second-order valence-electron chi connectivity index (χ2n) is 5.71. The molecule has 0 radical (unpaired) electrons. The largest absolute Gasteiger partial charge is 0.508 e. The zero-order valence-electron chi connectivity index (χ0n) is 12.8. The second-order valence-corrected chi connectivity index (χ2v) is 5.71. The van der Waals surface area contributed by atoms with Gasteiger partial charge in [0.1, 0.15) is 11.5 Å². The van der Waals surface area contributed by atoms with Gasteiger partial charge < -0.3 is 10.2 Å². The van der Waals surface area contributed by atoms with Crippen LogP contribution in [0.25, 0.3) is 0 Å². The Morgan fingerprint density at radius 3 is 1.30 bits per heavy atom. The summed E-state index contributed by atoms with van der Waals surface area (Å²) >= 11 is 0. The molecule has 0 aliphatic rings. The zero-order valence-corrected chi connectivity index (χ0v) is 12.8. The van der Waals surface area contributed by atoms with Crippen LogP contribution >= 0.6 is 0 Å². The summed E-state index contributed by atoms with van der Waals surface area (Å²) in [7, 11) is 0. The van der Waals surface area contributed by atoms with Crippen molar-refractivity contribution in [3.63, 3.8) is 0 Å². The van der Waals surface area contributed by atoms with Crippen molar-refractivity contribution >= 4 is 0 Å². The van der Waals surface area contributed by atoms with Crippen LogP contribution in [0.3, 0.4) is 0 Å². The number of aromatic hydroxyl groups is 2. The van der Waals surface area contributed by atoms with Crippen LogP contribution in [0.2, 0.25) is 0 Å². The molecule has 0 aliphatic carbocycles. The van der Waals surface area contributed by atoms with Gasteiger partial charge in [0.25, 0.3) is 0 Å². The molecule has 106 valence electrons. The first-order chi connectivity index (χ1) is 9.31. The van der Waals surface area contributed by atoms with E-state index in [9.17, 15) is 10.2 Å². The molecule has 0 spiro atoms. The highest BCUT2D eigenvalue weighted by Gasteiger charge is 2.18. The summed E-state index contributed by atoms with van der Waals surface area (Å²) in [6, 6.07) is 7.59. The minimum atomic E-state index is -0.0476. The van der Waals surface area contributed by atoms with Crippen LogP contribution in [-0.4, -0.2) is 10.2 Å². The van der Waals surface area contributed by atoms with Crippen molar-refractivity contribution in [3.05, 3.63) is 57.6 Å². The third kappa shape index (κ3) is 2.51. The number of aryl methyl sites for hydroxylation is 4. The quantitative estimate of drug-likeness (QED) is 0.844. The van der Waals surface area contributed by atoms with Gasteiger partial charge in [-0.2, -0.15) is 0 Å². The maximum absolute atomic E-state index is 10.2. The SMILES string of the molecule is Cc1cc(O)c(C(C)c2cc(C)c(C)cc2O)cc1C. The van der Waals surface area contributed by atoms with Crippen LogP contribution in [0, 0.1) is 27.7 Å². The first-order valence-electron chi connectivity index (χ1n) is 6.91. The number of phenolic OH excluding ortho intramolecular Hbond substituents is 2. The lowest BCUT2D eigenvalue weighted by molar-refractivity contribution is 0.456. The fourth-order valence-electron chi connectivity index (χ4n) is 2.51. The van der Waals surface area contributed by atoms with E-state index in [0.717, 1.165) is 33.4 Å². The monoisotopic (exact) mass is 270 g/mol. The van der Waals surface area contributed by atoms with E-state index in [1.807, 2.05) is 46.8 Å². The summed E-state index contributed by atoms with van der Waals surface area (Å²) in [5.74, 6) is 0.532. The van der Waals surface area contributed by atoms with Gasteiger partial charge in [-0.15, -0.1) is 0 Å². The fourth-order valence-corrected chi connectivity index (χ4v) is 2.51. The molecule has 0 heterocycles. The molecule has 0 amide bonds. The van der Waals surface area contributed by atoms with Crippen molar-refractivity contribution in [2.45, 2.75) is 40.5 Å². The van der Waals surface area contributed by atoms with Crippen molar-refractivity contribution in [3.8, 4) is 11.5 Å². The van der Waals surface area contributed by atoms with E-state index in [1.165, 1.54) is 0 Å². The van der Waals surface area contributed by atoms with Crippen LogP contribution in [-0.2, 0) is 0 Å². The predicted octanol–water partition coefficient (Wildman–Crippen LogP) is 4.48. The standard InChI is InChI=1S/C18H22O2/c1-10-6-15(17(19)8-12(10)3)14(5)16-7-11(2)13(4)9-18(16)20/h6-9,14,19-20H,1-5H3. The summed E-state index contributed by atoms with van der Waals surface area (Å²) in [4.78, 5) is 0. The van der Waals surface area contributed by atoms with Gasteiger partial charge in [0.2, 0.25) is 0 Å². The highest BCUT2D eigenvalue weighted by Crippen LogP contribution is 2.37. The summed E-state index contributed by atoms with van der Waals surface area (Å²) in [5.41, 5.74) is 6.14. The predicted molar refractivity (Wildman–Crippen MR) is 82.7 cm³/mol. The average molecular weight is 270 g/mol. The minimum absolute atomic E-state index is 0.0476. The highest BCUT2D eigenvalue weighted by atomic mass is 16.3. The number of hydrogen-bond donors (Lipinski definition) is 2. The minimum Gasteiger partial charge on any atom is -0.508 e. The Balaban J connectivity index is 2.54. The Kier molecular flexibility index (Phi) is 3.76. The molecule has 0 aliphatic heterocycles. The molecule has 2 nitrogen and oxygen atoms in total. The van der Waals surface area contributed by atoms with Gasteiger partial charge in [-0.05, 0) is 62.1 Å². The smallest absolute Gasteiger partial charge is 0.119 e. The summed E-state index contributed by atoms with van der Waals surface area (Å²) in [6.07, 6.45) is 0. The lowest BCUT2D eigenvalue weighted by Gasteiger charge is -2.18. The Hall–Kier alpha value is -1.96. The molecular weight excluding hydrogens is 248 g/mol. The average Bonchev–Trinajstić information content (AvgIpc) is 2.37. The maximum Gasteiger partial charge on any atom is 0.119 e. The van der Waals surface area contributed by atoms with Crippen molar-refractivity contribution in [2.24, 2.45) is 0 Å². The third-order valence-electron chi connectivity index (χ3n) is 4.22. The molecule has 0 saturated carbocycles. The topological polar surface area (TPSA) is 40.5 Å². The number of hydrogen-bond acceptors (Lipinski definition) is 2. The molecule has 2 rings (SSSR count). The molecule has 0 fully saturated rings. The number of phenols is 2. The number of rotatable bonds is 2. The van der Waals surface area contributed by atoms with Gasteiger partial charge in [0, 0.05) is 17.0 Å². The van der Waals surface area contributed by atoms with E-state index < -0.39 is 0 Å². The van der Waals surface area contributed by atoms with Crippen molar-refractivity contribution < 1.29 is 10.2 Å². The Labute approximate surface area is 120 Å². The summed E-state index contributed by atoms with van der Waals surface area (Å²) in [6.45, 7) is 10.0. The molecule has 20 heavy (non-hydrogen) atoms. The molecule has 0 unspecified atom stereocenters. The Morgan fingerprint density at radius 2 is 0.950 bits per heavy atom. The van der Waals surface area contributed by atoms with E-state index >= 15 is 0 Å². The van der Waals surface area contributed by atoms with Gasteiger partial charge in [-0.1, -0.05) is 19.1 Å². The lowest BCUT2D eigenvalue weighted by Crippen LogP contribution is -2.00. The van der Waals surface area contributed by atoms with E-state index in [0.29, 0.717) is 11.5 Å². The molecule has 0 aromatic heterocycles. The van der Waals surface area contributed by atoms with Crippen LogP contribution in [0.1, 0.15) is 46.2 Å². The first-order valence-corrected chi connectivity index (χ1v) is 6.91. The van der Waals surface area contributed by atoms with Crippen LogP contribution in [0.4, 0.5) is 0 Å². The molecule has 0 bridgehead atoms.